The van der Waals surface area contributed by atoms with Crippen LogP contribution in [0.15, 0.2) is 43.0 Å². The van der Waals surface area contributed by atoms with Gasteiger partial charge in [-0.2, -0.15) is 8.78 Å². The summed E-state index contributed by atoms with van der Waals surface area (Å²) < 4.78 is 34.1. The predicted octanol–water partition coefficient (Wildman–Crippen LogP) is 3.90. The van der Waals surface area contributed by atoms with Crippen molar-refractivity contribution in [3.63, 3.8) is 0 Å². The Labute approximate surface area is 145 Å². The summed E-state index contributed by atoms with van der Waals surface area (Å²) in [6.45, 7) is 8.21. The number of aromatic nitrogens is 2. The maximum atomic E-state index is 14.2. The molecule has 0 radical (unpaired) electrons. The van der Waals surface area contributed by atoms with Gasteiger partial charge in [0.05, 0.1) is 6.04 Å². The molecule has 0 aliphatic heterocycles. The lowest BCUT2D eigenvalue weighted by molar-refractivity contribution is 0.0183. The quantitative estimate of drug-likeness (QED) is 0.624. The summed E-state index contributed by atoms with van der Waals surface area (Å²) in [5.41, 5.74) is -1.04. The molecule has 0 saturated heterocycles. The van der Waals surface area contributed by atoms with Crippen LogP contribution in [-0.4, -0.2) is 21.4 Å². The minimum atomic E-state index is -1.36. The maximum Gasteiger partial charge on any atom is 0.361 e. The van der Waals surface area contributed by atoms with Crippen molar-refractivity contribution >= 4 is 5.97 Å². The summed E-state index contributed by atoms with van der Waals surface area (Å²) in [7, 11) is 0. The van der Waals surface area contributed by atoms with Gasteiger partial charge in [-0.15, -0.1) is 5.10 Å². The molecule has 1 aromatic heterocycles. The fourth-order valence-electron chi connectivity index (χ4n) is 2.25. The van der Waals surface area contributed by atoms with E-state index in [4.69, 9.17) is 4.74 Å². The Hall–Kier alpha value is -2.94. The zero-order valence-corrected chi connectivity index (χ0v) is 14.2. The first kappa shape index (κ1) is 18.4. The van der Waals surface area contributed by atoms with Crippen LogP contribution >= 0.6 is 0 Å². The van der Waals surface area contributed by atoms with Gasteiger partial charge in [0.1, 0.15) is 0 Å². The summed E-state index contributed by atoms with van der Waals surface area (Å²) in [5, 5.41) is 3.52. The molecule has 2 rings (SSSR count). The Kier molecular flexibility index (Phi) is 5.38. The molecular weight excluding hydrogens is 326 g/mol. The van der Waals surface area contributed by atoms with Gasteiger partial charge in [-0.1, -0.05) is 48.8 Å². The van der Waals surface area contributed by atoms with Gasteiger partial charge in [0, 0.05) is 0 Å². The molecule has 1 atom stereocenters. The number of nitrogens with zero attached hydrogens (tertiary/aromatic N) is 2. The van der Waals surface area contributed by atoms with E-state index in [1.54, 1.807) is 31.2 Å². The summed E-state index contributed by atoms with van der Waals surface area (Å²) >= 11 is 0. The first-order chi connectivity index (χ1) is 11.8. The first-order valence-corrected chi connectivity index (χ1v) is 7.62. The summed E-state index contributed by atoms with van der Waals surface area (Å²) in [4.78, 5) is 12.4. The molecule has 0 amide bonds. The van der Waals surface area contributed by atoms with Crippen molar-refractivity contribution in [2.45, 2.75) is 32.4 Å². The average Bonchev–Trinajstić information content (AvgIpc) is 2.88. The Bertz CT molecular complexity index is 846. The van der Waals surface area contributed by atoms with Gasteiger partial charge >= 0.3 is 5.97 Å². The molecule has 1 heterocycles. The van der Waals surface area contributed by atoms with Crippen molar-refractivity contribution < 1.29 is 18.3 Å². The van der Waals surface area contributed by atoms with Crippen molar-refractivity contribution in [3.05, 3.63) is 66.0 Å². The Morgan fingerprint density at radius 3 is 2.60 bits per heavy atom. The van der Waals surface area contributed by atoms with Crippen LogP contribution in [0.5, 0.6) is 0 Å². The van der Waals surface area contributed by atoms with E-state index in [9.17, 15) is 13.6 Å². The number of rotatable bonds is 4. The van der Waals surface area contributed by atoms with Crippen LogP contribution in [0.4, 0.5) is 8.78 Å². The number of ether oxygens (including phenoxy) is 1. The minimum absolute atomic E-state index is 0.565. The van der Waals surface area contributed by atoms with Gasteiger partial charge in [-0.3, -0.25) is 0 Å². The molecule has 0 aliphatic carbocycles. The molecule has 4 nitrogen and oxygen atoms in total. The minimum Gasteiger partial charge on any atom is -0.442 e. The van der Waals surface area contributed by atoms with Crippen molar-refractivity contribution in [2.24, 2.45) is 0 Å². The van der Waals surface area contributed by atoms with E-state index in [2.05, 4.69) is 23.5 Å². The third kappa shape index (κ3) is 4.13. The van der Waals surface area contributed by atoms with Crippen LogP contribution in [0.3, 0.4) is 0 Å². The van der Waals surface area contributed by atoms with Gasteiger partial charge in [0.15, 0.2) is 11.3 Å². The number of halogens is 2. The maximum absolute atomic E-state index is 14.2. The fourth-order valence-corrected chi connectivity index (χ4v) is 2.25. The standard InChI is InChI=1S/C19H18F2N2O2/c1-5-6-12-19(3,4)25-18(24)16-15(20)17(21)22-23(16)13(2)14-10-8-7-9-11-14/h5,7-11,13H,1H2,2-4H3/t13-/m1/s1. The number of esters is 1. The van der Waals surface area contributed by atoms with Crippen molar-refractivity contribution in [1.29, 1.82) is 0 Å². The molecule has 2 aromatic rings. The van der Waals surface area contributed by atoms with Gasteiger partial charge in [-0.25, -0.2) is 9.48 Å². The monoisotopic (exact) mass is 344 g/mol. The molecule has 6 heteroatoms. The third-order valence-corrected chi connectivity index (χ3v) is 3.48. The largest absolute Gasteiger partial charge is 0.442 e. The smallest absolute Gasteiger partial charge is 0.361 e. The highest BCUT2D eigenvalue weighted by Crippen LogP contribution is 2.24. The lowest BCUT2D eigenvalue weighted by Gasteiger charge is -2.20. The summed E-state index contributed by atoms with van der Waals surface area (Å²) in [6, 6.07) is 8.37. The molecule has 0 saturated carbocycles. The van der Waals surface area contributed by atoms with Crippen LogP contribution in [-0.2, 0) is 4.74 Å². The highest BCUT2D eigenvalue weighted by atomic mass is 19.2. The van der Waals surface area contributed by atoms with E-state index >= 15 is 0 Å². The normalized spacial score (nSPS) is 12.0. The Balaban J connectivity index is 2.41. The lowest BCUT2D eigenvalue weighted by Crippen LogP contribution is -2.29. The van der Waals surface area contributed by atoms with E-state index < -0.39 is 35.1 Å². The van der Waals surface area contributed by atoms with Gasteiger partial charge in [0.25, 0.3) is 5.95 Å². The SMILES string of the molecule is C=CC#CC(C)(C)OC(=O)c1c(F)c(F)nn1[C@H](C)c1ccccc1. The molecule has 0 spiro atoms. The second-order valence-electron chi connectivity index (χ2n) is 5.86. The molecule has 25 heavy (non-hydrogen) atoms. The average molecular weight is 344 g/mol. The van der Waals surface area contributed by atoms with Crippen molar-refractivity contribution in [3.8, 4) is 11.8 Å². The van der Waals surface area contributed by atoms with E-state index in [0.717, 1.165) is 10.2 Å². The van der Waals surface area contributed by atoms with Crippen LogP contribution < -0.4 is 0 Å². The molecule has 1 aromatic carbocycles. The molecular formula is C19H18F2N2O2. The van der Waals surface area contributed by atoms with Gasteiger partial charge in [0.2, 0.25) is 5.82 Å². The highest BCUT2D eigenvalue weighted by molar-refractivity contribution is 5.88. The van der Waals surface area contributed by atoms with Crippen molar-refractivity contribution in [1.82, 2.24) is 9.78 Å². The van der Waals surface area contributed by atoms with Crippen LogP contribution in [0.1, 0.15) is 42.9 Å². The Morgan fingerprint density at radius 1 is 1.36 bits per heavy atom. The molecule has 0 unspecified atom stereocenters. The number of hydrogen-bond donors (Lipinski definition) is 0. The zero-order chi connectivity index (χ0) is 18.6. The molecule has 130 valence electrons. The second-order valence-corrected chi connectivity index (χ2v) is 5.86. The number of carbonyl (C=O) groups is 1. The van der Waals surface area contributed by atoms with Crippen LogP contribution in [0.25, 0.3) is 0 Å². The topological polar surface area (TPSA) is 44.1 Å². The van der Waals surface area contributed by atoms with Crippen molar-refractivity contribution in [2.75, 3.05) is 0 Å². The van der Waals surface area contributed by atoms with Gasteiger partial charge in [-0.05, 0) is 32.4 Å². The zero-order valence-electron chi connectivity index (χ0n) is 14.2. The molecule has 0 N–H and O–H groups in total. The number of carbonyl (C=O) groups excluding carboxylic acids is 1. The van der Waals surface area contributed by atoms with E-state index in [1.807, 2.05) is 6.07 Å². The number of allylic oxidation sites excluding steroid dienone is 1. The number of hydrogen-bond acceptors (Lipinski definition) is 3. The molecule has 0 fully saturated rings. The molecule has 0 aliphatic rings. The lowest BCUT2D eigenvalue weighted by atomic mass is 10.1. The molecule has 0 bridgehead atoms. The van der Waals surface area contributed by atoms with Crippen LogP contribution in [0.2, 0.25) is 0 Å². The van der Waals surface area contributed by atoms with E-state index in [0.29, 0.717) is 0 Å². The van der Waals surface area contributed by atoms with E-state index in [-0.39, 0.29) is 0 Å². The summed E-state index contributed by atoms with van der Waals surface area (Å²) in [6.07, 6.45) is 1.34. The third-order valence-electron chi connectivity index (χ3n) is 3.48. The highest BCUT2D eigenvalue weighted by Gasteiger charge is 2.31. The second kappa shape index (κ2) is 7.31. The van der Waals surface area contributed by atoms with Gasteiger partial charge < -0.3 is 4.74 Å². The fraction of sp³-hybridized carbons (Fsp3) is 0.263. The van der Waals surface area contributed by atoms with E-state index in [1.165, 1.54) is 19.9 Å². The first-order valence-electron chi connectivity index (χ1n) is 7.62. The predicted molar refractivity (Wildman–Crippen MR) is 89.9 cm³/mol. The van der Waals surface area contributed by atoms with Crippen LogP contribution in [0, 0.1) is 23.6 Å². The number of benzene rings is 1. The summed E-state index contributed by atoms with van der Waals surface area (Å²) in [5.74, 6) is 1.49. The Morgan fingerprint density at radius 2 is 2.00 bits per heavy atom.